The van der Waals surface area contributed by atoms with E-state index in [1.165, 1.54) is 22.7 Å². The zero-order valence-electron chi connectivity index (χ0n) is 17.2. The van der Waals surface area contributed by atoms with E-state index in [2.05, 4.69) is 40.7 Å². The van der Waals surface area contributed by atoms with E-state index in [-0.39, 0.29) is 18.6 Å². The quantitative estimate of drug-likeness (QED) is 0.517. The van der Waals surface area contributed by atoms with Gasteiger partial charge in [0.25, 0.3) is 0 Å². The fourth-order valence-electron chi connectivity index (χ4n) is 3.44. The lowest BCUT2D eigenvalue weighted by molar-refractivity contribution is -0.138. The van der Waals surface area contributed by atoms with Gasteiger partial charge in [0.15, 0.2) is 5.16 Å². The second-order valence-corrected chi connectivity index (χ2v) is 9.18. The lowest BCUT2D eigenvalue weighted by Crippen LogP contribution is -2.28. The van der Waals surface area contributed by atoms with Gasteiger partial charge in [0.2, 0.25) is 0 Å². The maximum atomic E-state index is 12.6. The van der Waals surface area contributed by atoms with Crippen LogP contribution in [0.3, 0.4) is 0 Å². The molecule has 0 spiro atoms. The van der Waals surface area contributed by atoms with Crippen LogP contribution in [0, 0.1) is 6.92 Å². The number of thioether (sulfide) groups is 1. The summed E-state index contributed by atoms with van der Waals surface area (Å²) < 4.78 is 1.31. The normalized spacial score (nSPS) is 11.7. The van der Waals surface area contributed by atoms with E-state index >= 15 is 0 Å². The molecule has 29 heavy (non-hydrogen) atoms. The molecular formula is C23H26N2O3S. The zero-order valence-corrected chi connectivity index (χ0v) is 18.0. The fraction of sp³-hybridized carbons (Fsp3) is 0.348. The molecular weight excluding hydrogens is 384 g/mol. The third-order valence-corrected chi connectivity index (χ3v) is 6.31. The highest BCUT2D eigenvalue weighted by Crippen LogP contribution is 2.37. The Bertz CT molecular complexity index is 1070. The van der Waals surface area contributed by atoms with Crippen molar-refractivity contribution in [3.8, 4) is 5.69 Å². The topological polar surface area (TPSA) is 72.2 Å². The van der Waals surface area contributed by atoms with Crippen LogP contribution in [-0.4, -0.2) is 31.2 Å². The van der Waals surface area contributed by atoms with Crippen LogP contribution < -0.4 is 0 Å². The van der Waals surface area contributed by atoms with Gasteiger partial charge >= 0.3 is 5.97 Å². The molecule has 1 N–H and O–H groups in total. The van der Waals surface area contributed by atoms with Gasteiger partial charge in [-0.1, -0.05) is 49.0 Å². The summed E-state index contributed by atoms with van der Waals surface area (Å²) in [7, 11) is 0. The third-order valence-electron chi connectivity index (χ3n) is 5.10. The first-order chi connectivity index (χ1) is 13.7. The SMILES string of the molecule is CCc1ccc(-n2c(C)cnc2SC(C)(C)C(=O)CCC(=O)O)c2ccccc12. The number of aromatic nitrogens is 2. The Morgan fingerprint density at radius 3 is 2.45 bits per heavy atom. The molecule has 0 aliphatic rings. The first-order valence-corrected chi connectivity index (χ1v) is 10.6. The summed E-state index contributed by atoms with van der Waals surface area (Å²) in [4.78, 5) is 28.0. The molecule has 0 aliphatic carbocycles. The molecule has 0 radical (unpaired) electrons. The van der Waals surface area contributed by atoms with Gasteiger partial charge in [0, 0.05) is 23.7 Å². The van der Waals surface area contributed by atoms with Crippen LogP contribution in [0.4, 0.5) is 0 Å². The molecule has 0 atom stereocenters. The van der Waals surface area contributed by atoms with Gasteiger partial charge in [-0.2, -0.15) is 0 Å². The van der Waals surface area contributed by atoms with Gasteiger partial charge < -0.3 is 5.11 Å². The van der Waals surface area contributed by atoms with Crippen molar-refractivity contribution in [1.29, 1.82) is 0 Å². The van der Waals surface area contributed by atoms with E-state index in [4.69, 9.17) is 5.11 Å². The molecule has 6 heteroatoms. The standard InChI is InChI=1S/C23H26N2O3S/c1-5-16-10-11-19(18-9-7-6-8-17(16)18)25-15(2)14-24-22(25)29-23(3,4)20(26)12-13-21(27)28/h6-11,14H,5,12-13H2,1-4H3,(H,27,28). The smallest absolute Gasteiger partial charge is 0.303 e. The van der Waals surface area contributed by atoms with Crippen LogP contribution in [0.5, 0.6) is 0 Å². The van der Waals surface area contributed by atoms with E-state index < -0.39 is 10.7 Å². The summed E-state index contributed by atoms with van der Waals surface area (Å²) in [6.45, 7) is 7.80. The van der Waals surface area contributed by atoms with Crippen molar-refractivity contribution in [3.63, 3.8) is 0 Å². The fourth-order valence-corrected chi connectivity index (χ4v) is 4.55. The molecule has 0 unspecified atom stereocenters. The second kappa shape index (κ2) is 8.41. The Hall–Kier alpha value is -2.60. The summed E-state index contributed by atoms with van der Waals surface area (Å²) in [6.07, 6.45) is 2.63. The van der Waals surface area contributed by atoms with E-state index in [0.717, 1.165) is 28.3 Å². The molecule has 1 heterocycles. The number of carbonyl (C=O) groups is 2. The number of Topliss-reactive ketones (excluding diaryl/α,β-unsaturated/α-hetero) is 1. The maximum Gasteiger partial charge on any atom is 0.303 e. The zero-order chi connectivity index (χ0) is 21.2. The van der Waals surface area contributed by atoms with Gasteiger partial charge in [0.05, 0.1) is 16.9 Å². The minimum absolute atomic E-state index is 0.0170. The van der Waals surface area contributed by atoms with Gasteiger partial charge in [0.1, 0.15) is 5.78 Å². The second-order valence-electron chi connectivity index (χ2n) is 7.59. The molecule has 152 valence electrons. The molecule has 1 aromatic heterocycles. The predicted molar refractivity (Wildman–Crippen MR) is 117 cm³/mol. The number of carboxylic acid groups (broad SMARTS) is 1. The molecule has 3 rings (SSSR count). The number of fused-ring (bicyclic) bond motifs is 1. The van der Waals surface area contributed by atoms with Crippen LogP contribution in [0.15, 0.2) is 47.8 Å². The minimum atomic E-state index is -0.959. The molecule has 0 saturated heterocycles. The van der Waals surface area contributed by atoms with Crippen molar-refractivity contribution in [2.45, 2.75) is 56.9 Å². The van der Waals surface area contributed by atoms with Gasteiger partial charge in [-0.15, -0.1) is 0 Å². The molecule has 0 bridgehead atoms. The van der Waals surface area contributed by atoms with E-state index in [0.29, 0.717) is 0 Å². The monoisotopic (exact) mass is 410 g/mol. The lowest BCUT2D eigenvalue weighted by atomic mass is 10.0. The number of hydrogen-bond acceptors (Lipinski definition) is 4. The first kappa shape index (κ1) is 21.1. The average Bonchev–Trinajstić information content (AvgIpc) is 3.04. The summed E-state index contributed by atoms with van der Waals surface area (Å²) in [5.74, 6) is -1.05. The van der Waals surface area contributed by atoms with Crippen LogP contribution in [0.25, 0.3) is 16.5 Å². The number of carboxylic acids is 1. The highest BCUT2D eigenvalue weighted by Gasteiger charge is 2.31. The Labute approximate surface area is 175 Å². The Morgan fingerprint density at radius 1 is 1.10 bits per heavy atom. The molecule has 5 nitrogen and oxygen atoms in total. The highest BCUT2D eigenvalue weighted by molar-refractivity contribution is 8.01. The molecule has 2 aromatic carbocycles. The number of benzene rings is 2. The molecule has 0 aliphatic heterocycles. The molecule has 0 saturated carbocycles. The number of ketones is 1. The van der Waals surface area contributed by atoms with Crippen molar-refractivity contribution in [1.82, 2.24) is 9.55 Å². The Balaban J connectivity index is 2.02. The van der Waals surface area contributed by atoms with Gasteiger partial charge in [-0.25, -0.2) is 4.98 Å². The summed E-state index contributed by atoms with van der Waals surface area (Å²) in [6, 6.07) is 12.6. The van der Waals surface area contributed by atoms with Gasteiger partial charge in [-0.3, -0.25) is 14.2 Å². The third kappa shape index (κ3) is 4.37. The molecule has 3 aromatic rings. The number of hydrogen-bond donors (Lipinski definition) is 1. The molecule has 0 fully saturated rings. The Morgan fingerprint density at radius 2 is 1.79 bits per heavy atom. The lowest BCUT2D eigenvalue weighted by Gasteiger charge is -2.23. The van der Waals surface area contributed by atoms with Crippen LogP contribution in [0.2, 0.25) is 0 Å². The number of aliphatic carboxylic acids is 1. The summed E-state index contributed by atoms with van der Waals surface area (Å²) in [5, 5.41) is 12.0. The molecule has 0 amide bonds. The van der Waals surface area contributed by atoms with Crippen molar-refractivity contribution in [3.05, 3.63) is 53.9 Å². The first-order valence-electron chi connectivity index (χ1n) is 9.74. The average molecular weight is 411 g/mol. The number of aryl methyl sites for hydroxylation is 2. The van der Waals surface area contributed by atoms with E-state index in [1.54, 1.807) is 0 Å². The van der Waals surface area contributed by atoms with Crippen molar-refractivity contribution < 1.29 is 14.7 Å². The van der Waals surface area contributed by atoms with Crippen molar-refractivity contribution in [2.24, 2.45) is 0 Å². The van der Waals surface area contributed by atoms with E-state index in [9.17, 15) is 9.59 Å². The number of nitrogens with zero attached hydrogens (tertiary/aromatic N) is 2. The largest absolute Gasteiger partial charge is 0.481 e. The number of imidazole rings is 1. The van der Waals surface area contributed by atoms with Crippen LogP contribution in [-0.2, 0) is 16.0 Å². The Kier molecular flexibility index (Phi) is 6.13. The highest BCUT2D eigenvalue weighted by atomic mass is 32.2. The maximum absolute atomic E-state index is 12.6. The van der Waals surface area contributed by atoms with Crippen molar-refractivity contribution in [2.75, 3.05) is 0 Å². The van der Waals surface area contributed by atoms with Crippen molar-refractivity contribution >= 4 is 34.3 Å². The minimum Gasteiger partial charge on any atom is -0.481 e. The predicted octanol–water partition coefficient (Wildman–Crippen LogP) is 5.20. The van der Waals surface area contributed by atoms with E-state index in [1.807, 2.05) is 39.1 Å². The summed E-state index contributed by atoms with van der Waals surface area (Å²) >= 11 is 1.38. The van der Waals surface area contributed by atoms with Crippen LogP contribution in [0.1, 0.15) is 44.9 Å². The summed E-state index contributed by atoms with van der Waals surface area (Å²) in [5.41, 5.74) is 3.31. The van der Waals surface area contributed by atoms with Gasteiger partial charge in [-0.05, 0) is 44.2 Å². The van der Waals surface area contributed by atoms with Crippen LogP contribution >= 0.6 is 11.8 Å². The number of carbonyl (C=O) groups excluding carboxylic acids is 1. The number of rotatable bonds is 8.